The van der Waals surface area contributed by atoms with Crippen molar-refractivity contribution in [3.05, 3.63) is 12.2 Å². The molecule has 0 aromatic rings. The quantitative estimate of drug-likeness (QED) is 0.357. The van der Waals surface area contributed by atoms with Crippen LogP contribution in [0.25, 0.3) is 0 Å². The summed E-state index contributed by atoms with van der Waals surface area (Å²) in [5.41, 5.74) is 0. The van der Waals surface area contributed by atoms with Crippen LogP contribution in [-0.2, 0) is 4.74 Å². The molecule has 0 aliphatic carbocycles. The molecule has 2 nitrogen and oxygen atoms in total. The summed E-state index contributed by atoms with van der Waals surface area (Å²) in [5, 5.41) is 9.87. The summed E-state index contributed by atoms with van der Waals surface area (Å²) < 4.78 is 5.48. The van der Waals surface area contributed by atoms with E-state index in [-0.39, 0.29) is 18.3 Å². The summed E-state index contributed by atoms with van der Waals surface area (Å²) in [6.07, 6.45) is 13.8. The van der Waals surface area contributed by atoms with E-state index in [9.17, 15) is 5.11 Å². The maximum absolute atomic E-state index is 9.87. The Morgan fingerprint density at radius 3 is 2.53 bits per heavy atom. The lowest BCUT2D eigenvalue weighted by molar-refractivity contribution is 0.123. The molecule has 0 unspecified atom stereocenters. The maximum atomic E-state index is 9.87. The molecule has 0 saturated carbocycles. The number of unbranched alkanes of at least 4 members (excludes halogenated alkanes) is 5. The molecule has 0 radical (unpaired) electrons. The maximum Gasteiger partial charge on any atom is 0.114 e. The zero-order valence-corrected chi connectivity index (χ0v) is 11.4. The fraction of sp³-hybridized carbons (Fsp3) is 0.867. The number of aliphatic hydroxyl groups is 1. The van der Waals surface area contributed by atoms with Gasteiger partial charge in [-0.2, -0.15) is 0 Å². The van der Waals surface area contributed by atoms with Gasteiger partial charge in [0.25, 0.3) is 0 Å². The SMILES string of the molecule is CCCCC/C=C\[C@@H]1O[C@H]1[C@@H](O)CCCCC. The van der Waals surface area contributed by atoms with Crippen molar-refractivity contribution in [1.82, 2.24) is 0 Å². The Hall–Kier alpha value is -0.340. The summed E-state index contributed by atoms with van der Waals surface area (Å²) >= 11 is 0. The highest BCUT2D eigenvalue weighted by atomic mass is 16.6. The third-order valence-electron chi connectivity index (χ3n) is 3.34. The van der Waals surface area contributed by atoms with Crippen LogP contribution in [0.1, 0.15) is 65.2 Å². The molecule has 1 heterocycles. The van der Waals surface area contributed by atoms with Crippen LogP contribution in [0.15, 0.2) is 12.2 Å². The van der Waals surface area contributed by atoms with Crippen molar-refractivity contribution in [3.63, 3.8) is 0 Å². The minimum atomic E-state index is -0.258. The highest BCUT2D eigenvalue weighted by Crippen LogP contribution is 2.29. The van der Waals surface area contributed by atoms with E-state index in [1.165, 1.54) is 32.1 Å². The molecule has 0 amide bonds. The fourth-order valence-corrected chi connectivity index (χ4v) is 2.11. The summed E-state index contributed by atoms with van der Waals surface area (Å²) in [7, 11) is 0. The summed E-state index contributed by atoms with van der Waals surface area (Å²) in [5.74, 6) is 0. The first-order chi connectivity index (χ1) is 8.29. The number of hydrogen-bond acceptors (Lipinski definition) is 2. The van der Waals surface area contributed by atoms with E-state index in [1.807, 2.05) is 0 Å². The van der Waals surface area contributed by atoms with E-state index in [2.05, 4.69) is 26.0 Å². The Balaban J connectivity index is 2.03. The summed E-state index contributed by atoms with van der Waals surface area (Å²) in [6.45, 7) is 4.40. The third kappa shape index (κ3) is 6.23. The third-order valence-corrected chi connectivity index (χ3v) is 3.34. The zero-order valence-electron chi connectivity index (χ0n) is 11.4. The van der Waals surface area contributed by atoms with E-state index in [4.69, 9.17) is 4.74 Å². The molecule has 3 atom stereocenters. The van der Waals surface area contributed by atoms with E-state index in [0.29, 0.717) is 0 Å². The molecule has 1 N–H and O–H groups in total. The molecule has 1 saturated heterocycles. The standard InChI is InChI=1S/C15H28O2/c1-3-5-7-8-10-12-14-15(17-14)13(16)11-9-6-4-2/h10,12-16H,3-9,11H2,1-2H3/b12-10-/t13-,14-,15-/m0/s1. The van der Waals surface area contributed by atoms with E-state index < -0.39 is 0 Å². The molecule has 1 rings (SSSR count). The van der Waals surface area contributed by atoms with Gasteiger partial charge in [-0.3, -0.25) is 0 Å². The number of aliphatic hydroxyl groups excluding tert-OH is 1. The van der Waals surface area contributed by atoms with Gasteiger partial charge in [-0.15, -0.1) is 0 Å². The van der Waals surface area contributed by atoms with Crippen LogP contribution >= 0.6 is 0 Å². The van der Waals surface area contributed by atoms with Crippen LogP contribution in [-0.4, -0.2) is 23.4 Å². The zero-order chi connectivity index (χ0) is 12.5. The van der Waals surface area contributed by atoms with Crippen molar-refractivity contribution in [2.75, 3.05) is 0 Å². The second-order valence-corrected chi connectivity index (χ2v) is 5.05. The lowest BCUT2D eigenvalue weighted by Crippen LogP contribution is -2.16. The molecule has 0 bridgehead atoms. The lowest BCUT2D eigenvalue weighted by atomic mass is 10.1. The monoisotopic (exact) mass is 240 g/mol. The molecule has 0 aromatic heterocycles. The van der Waals surface area contributed by atoms with Gasteiger partial charge >= 0.3 is 0 Å². The predicted octanol–water partition coefficient (Wildman–Crippen LogP) is 3.83. The molecular formula is C15H28O2. The molecule has 1 aliphatic heterocycles. The number of ether oxygens (including phenoxy) is 1. The van der Waals surface area contributed by atoms with Gasteiger partial charge in [-0.05, 0) is 19.3 Å². The average Bonchev–Trinajstić information content (AvgIpc) is 3.09. The Morgan fingerprint density at radius 1 is 1.12 bits per heavy atom. The van der Waals surface area contributed by atoms with Gasteiger partial charge in [0.1, 0.15) is 12.2 Å². The van der Waals surface area contributed by atoms with Crippen LogP contribution in [0.4, 0.5) is 0 Å². The minimum absolute atomic E-state index is 0.0780. The molecule has 100 valence electrons. The van der Waals surface area contributed by atoms with E-state index in [1.54, 1.807) is 0 Å². The van der Waals surface area contributed by atoms with Gasteiger partial charge in [0.15, 0.2) is 0 Å². The fourth-order valence-electron chi connectivity index (χ4n) is 2.11. The van der Waals surface area contributed by atoms with Gasteiger partial charge in [-0.25, -0.2) is 0 Å². The summed E-state index contributed by atoms with van der Waals surface area (Å²) in [6, 6.07) is 0. The van der Waals surface area contributed by atoms with Gasteiger partial charge in [-0.1, -0.05) is 58.1 Å². The number of hydrogen-bond donors (Lipinski definition) is 1. The van der Waals surface area contributed by atoms with Gasteiger partial charge in [0.05, 0.1) is 6.10 Å². The summed E-state index contributed by atoms with van der Waals surface area (Å²) in [4.78, 5) is 0. The minimum Gasteiger partial charge on any atom is -0.390 e. The molecule has 0 spiro atoms. The first-order valence-corrected chi connectivity index (χ1v) is 7.29. The normalized spacial score (nSPS) is 25.4. The highest BCUT2D eigenvalue weighted by molar-refractivity contribution is 5.05. The Labute approximate surface area is 106 Å². The van der Waals surface area contributed by atoms with Crippen molar-refractivity contribution >= 4 is 0 Å². The molecule has 0 aromatic carbocycles. The van der Waals surface area contributed by atoms with Crippen LogP contribution in [0, 0.1) is 0 Å². The number of epoxide rings is 1. The van der Waals surface area contributed by atoms with Crippen molar-refractivity contribution in [2.24, 2.45) is 0 Å². The topological polar surface area (TPSA) is 32.8 Å². The molecule has 1 fully saturated rings. The Kier molecular flexibility index (Phi) is 7.54. The van der Waals surface area contributed by atoms with Crippen molar-refractivity contribution < 1.29 is 9.84 Å². The van der Waals surface area contributed by atoms with Crippen LogP contribution in [0.5, 0.6) is 0 Å². The second-order valence-electron chi connectivity index (χ2n) is 5.05. The largest absolute Gasteiger partial charge is 0.390 e. The van der Waals surface area contributed by atoms with Crippen molar-refractivity contribution in [1.29, 1.82) is 0 Å². The van der Waals surface area contributed by atoms with Gasteiger partial charge < -0.3 is 9.84 Å². The van der Waals surface area contributed by atoms with Gasteiger partial charge in [0.2, 0.25) is 0 Å². The molecule has 17 heavy (non-hydrogen) atoms. The van der Waals surface area contributed by atoms with E-state index >= 15 is 0 Å². The predicted molar refractivity (Wildman–Crippen MR) is 72.1 cm³/mol. The first kappa shape index (κ1) is 14.7. The van der Waals surface area contributed by atoms with Crippen LogP contribution in [0.2, 0.25) is 0 Å². The Bertz CT molecular complexity index is 213. The van der Waals surface area contributed by atoms with Crippen molar-refractivity contribution in [3.8, 4) is 0 Å². The van der Waals surface area contributed by atoms with Gasteiger partial charge in [0, 0.05) is 0 Å². The molecule has 2 heteroatoms. The number of allylic oxidation sites excluding steroid dienone is 1. The number of rotatable bonds is 10. The first-order valence-electron chi connectivity index (χ1n) is 7.29. The van der Waals surface area contributed by atoms with Crippen LogP contribution < -0.4 is 0 Å². The van der Waals surface area contributed by atoms with Crippen molar-refractivity contribution in [2.45, 2.75) is 83.5 Å². The Morgan fingerprint density at radius 2 is 1.82 bits per heavy atom. The average molecular weight is 240 g/mol. The van der Waals surface area contributed by atoms with E-state index in [0.717, 1.165) is 19.3 Å². The smallest absolute Gasteiger partial charge is 0.114 e. The molecule has 1 aliphatic rings. The van der Waals surface area contributed by atoms with Crippen LogP contribution in [0.3, 0.4) is 0 Å². The molecular weight excluding hydrogens is 212 g/mol. The second kappa shape index (κ2) is 8.71. The highest BCUT2D eigenvalue weighted by Gasteiger charge is 2.41. The lowest BCUT2D eigenvalue weighted by Gasteiger charge is -2.05.